The van der Waals surface area contributed by atoms with Gasteiger partial charge in [-0.3, -0.25) is 0 Å². The zero-order valence-corrected chi connectivity index (χ0v) is 11.7. The monoisotopic (exact) mass is 244 g/mol. The van der Waals surface area contributed by atoms with Gasteiger partial charge in [-0.25, -0.2) is 0 Å². The summed E-state index contributed by atoms with van der Waals surface area (Å²) in [5, 5.41) is 0. The Morgan fingerprint density at radius 2 is 1.71 bits per heavy atom. The summed E-state index contributed by atoms with van der Waals surface area (Å²) in [7, 11) is 0. The first kappa shape index (κ1) is 14.9. The first-order chi connectivity index (χ1) is 8.23. The van der Waals surface area contributed by atoms with E-state index in [9.17, 15) is 0 Å². The summed E-state index contributed by atoms with van der Waals surface area (Å²) in [6.07, 6.45) is 5.47. The largest absolute Gasteiger partial charge is 0.381 e. The van der Waals surface area contributed by atoms with Crippen LogP contribution in [0.1, 0.15) is 52.9 Å². The lowest BCUT2D eigenvalue weighted by Gasteiger charge is -2.32. The van der Waals surface area contributed by atoms with E-state index in [1.807, 2.05) is 0 Å². The zero-order chi connectivity index (χ0) is 12.6. The fourth-order valence-electron chi connectivity index (χ4n) is 1.99. The van der Waals surface area contributed by atoms with Crippen LogP contribution in [0.25, 0.3) is 0 Å². The molecule has 0 saturated carbocycles. The minimum atomic E-state index is -0.0944. The second-order valence-electron chi connectivity index (χ2n) is 5.24. The molecule has 1 heterocycles. The Morgan fingerprint density at radius 1 is 1.12 bits per heavy atom. The van der Waals surface area contributed by atoms with Gasteiger partial charge in [0.2, 0.25) is 0 Å². The highest BCUT2D eigenvalue weighted by atomic mass is 16.7. The minimum Gasteiger partial charge on any atom is -0.381 e. The molecule has 17 heavy (non-hydrogen) atoms. The molecule has 1 atom stereocenters. The number of unbranched alkanes of at least 4 members (excludes halogenated alkanes) is 2. The van der Waals surface area contributed by atoms with Crippen LogP contribution >= 0.6 is 0 Å². The van der Waals surface area contributed by atoms with Gasteiger partial charge < -0.3 is 14.2 Å². The molecule has 1 aliphatic rings. The van der Waals surface area contributed by atoms with Crippen molar-refractivity contribution in [2.24, 2.45) is 5.41 Å². The Balaban J connectivity index is 2.39. The molecule has 1 saturated heterocycles. The second kappa shape index (κ2) is 8.06. The normalized spacial score (nSPS) is 24.7. The van der Waals surface area contributed by atoms with E-state index in [1.165, 1.54) is 0 Å². The third kappa shape index (κ3) is 4.94. The van der Waals surface area contributed by atoms with Gasteiger partial charge in [-0.15, -0.1) is 0 Å². The average Bonchev–Trinajstić information content (AvgIpc) is 2.76. The molecule has 0 aromatic heterocycles. The highest BCUT2D eigenvalue weighted by Gasteiger charge is 2.39. The van der Waals surface area contributed by atoms with E-state index in [2.05, 4.69) is 20.8 Å². The van der Waals surface area contributed by atoms with Gasteiger partial charge in [0.25, 0.3) is 0 Å². The molecule has 0 N–H and O–H groups in total. The molecular formula is C14H28O3. The SMILES string of the molecule is CCCCOC(OCCCC)C1(C)CCOC1. The summed E-state index contributed by atoms with van der Waals surface area (Å²) in [5.41, 5.74) is 0.0431. The Labute approximate surface area is 106 Å². The maximum absolute atomic E-state index is 5.91. The highest BCUT2D eigenvalue weighted by Crippen LogP contribution is 2.34. The predicted molar refractivity (Wildman–Crippen MR) is 69.1 cm³/mol. The topological polar surface area (TPSA) is 27.7 Å². The minimum absolute atomic E-state index is 0.0431. The zero-order valence-electron chi connectivity index (χ0n) is 11.7. The van der Waals surface area contributed by atoms with Gasteiger partial charge in [0, 0.05) is 25.2 Å². The molecular weight excluding hydrogens is 216 g/mol. The van der Waals surface area contributed by atoms with Crippen LogP contribution < -0.4 is 0 Å². The van der Waals surface area contributed by atoms with E-state index in [1.54, 1.807) is 0 Å². The van der Waals surface area contributed by atoms with Crippen molar-refractivity contribution < 1.29 is 14.2 Å². The Kier molecular flexibility index (Phi) is 7.09. The van der Waals surface area contributed by atoms with Crippen LogP contribution in [0.15, 0.2) is 0 Å². The first-order valence-electron chi connectivity index (χ1n) is 7.04. The summed E-state index contributed by atoms with van der Waals surface area (Å²) in [6.45, 7) is 9.75. The van der Waals surface area contributed by atoms with Crippen molar-refractivity contribution >= 4 is 0 Å². The fraction of sp³-hybridized carbons (Fsp3) is 1.00. The van der Waals surface area contributed by atoms with Gasteiger partial charge in [-0.2, -0.15) is 0 Å². The molecule has 0 bridgehead atoms. The molecule has 1 aliphatic heterocycles. The third-order valence-electron chi connectivity index (χ3n) is 3.35. The molecule has 3 heteroatoms. The van der Waals surface area contributed by atoms with Crippen molar-refractivity contribution in [2.45, 2.75) is 59.2 Å². The van der Waals surface area contributed by atoms with Crippen LogP contribution in [0.2, 0.25) is 0 Å². The van der Waals surface area contributed by atoms with Crippen molar-refractivity contribution in [1.82, 2.24) is 0 Å². The molecule has 0 spiro atoms. The van der Waals surface area contributed by atoms with E-state index in [0.29, 0.717) is 0 Å². The molecule has 0 amide bonds. The lowest BCUT2D eigenvalue weighted by Crippen LogP contribution is -2.38. The van der Waals surface area contributed by atoms with Gasteiger partial charge in [-0.05, 0) is 19.3 Å². The Hall–Kier alpha value is -0.120. The molecule has 1 fully saturated rings. The van der Waals surface area contributed by atoms with Gasteiger partial charge in [0.15, 0.2) is 6.29 Å². The average molecular weight is 244 g/mol. The van der Waals surface area contributed by atoms with Crippen molar-refractivity contribution in [2.75, 3.05) is 26.4 Å². The second-order valence-corrected chi connectivity index (χ2v) is 5.24. The Morgan fingerprint density at radius 3 is 2.12 bits per heavy atom. The molecule has 1 unspecified atom stereocenters. The number of hydrogen-bond donors (Lipinski definition) is 0. The van der Waals surface area contributed by atoms with E-state index >= 15 is 0 Å². The lowest BCUT2D eigenvalue weighted by atomic mass is 9.89. The molecule has 1 rings (SSSR count). The molecule has 0 radical (unpaired) electrons. The molecule has 0 aromatic rings. The summed E-state index contributed by atoms with van der Waals surface area (Å²) in [4.78, 5) is 0. The van der Waals surface area contributed by atoms with Gasteiger partial charge in [0.1, 0.15) is 0 Å². The summed E-state index contributed by atoms with van der Waals surface area (Å²) >= 11 is 0. The highest BCUT2D eigenvalue weighted by molar-refractivity contribution is 4.82. The molecule has 0 aliphatic carbocycles. The van der Waals surface area contributed by atoms with Crippen LogP contribution in [-0.2, 0) is 14.2 Å². The van der Waals surface area contributed by atoms with Crippen molar-refractivity contribution in [3.05, 3.63) is 0 Å². The van der Waals surface area contributed by atoms with Crippen molar-refractivity contribution in [3.8, 4) is 0 Å². The van der Waals surface area contributed by atoms with Crippen LogP contribution in [0, 0.1) is 5.41 Å². The van der Waals surface area contributed by atoms with Gasteiger partial charge in [-0.1, -0.05) is 33.6 Å². The van der Waals surface area contributed by atoms with Crippen molar-refractivity contribution in [1.29, 1.82) is 0 Å². The molecule has 0 aromatic carbocycles. The van der Waals surface area contributed by atoms with Crippen molar-refractivity contribution in [3.63, 3.8) is 0 Å². The van der Waals surface area contributed by atoms with Crippen LogP contribution in [0.5, 0.6) is 0 Å². The van der Waals surface area contributed by atoms with Crippen LogP contribution in [-0.4, -0.2) is 32.7 Å². The maximum Gasteiger partial charge on any atom is 0.165 e. The number of rotatable bonds is 9. The maximum atomic E-state index is 5.91. The molecule has 102 valence electrons. The summed E-state index contributed by atoms with van der Waals surface area (Å²) in [6, 6.07) is 0. The quantitative estimate of drug-likeness (QED) is 0.460. The predicted octanol–water partition coefficient (Wildman–Crippen LogP) is 3.37. The third-order valence-corrected chi connectivity index (χ3v) is 3.35. The van der Waals surface area contributed by atoms with E-state index < -0.39 is 0 Å². The first-order valence-corrected chi connectivity index (χ1v) is 7.04. The summed E-state index contributed by atoms with van der Waals surface area (Å²) < 4.78 is 17.3. The standard InChI is InChI=1S/C14H28O3/c1-4-6-9-16-13(17-10-7-5-2)14(3)8-11-15-12-14/h13H,4-12H2,1-3H3. The number of ether oxygens (including phenoxy) is 3. The van der Waals surface area contributed by atoms with Gasteiger partial charge >= 0.3 is 0 Å². The van der Waals surface area contributed by atoms with E-state index in [4.69, 9.17) is 14.2 Å². The molecule has 3 nitrogen and oxygen atoms in total. The fourth-order valence-corrected chi connectivity index (χ4v) is 1.99. The van der Waals surface area contributed by atoms with E-state index in [-0.39, 0.29) is 11.7 Å². The lowest BCUT2D eigenvalue weighted by molar-refractivity contribution is -0.203. The van der Waals surface area contributed by atoms with Crippen LogP contribution in [0.3, 0.4) is 0 Å². The van der Waals surface area contributed by atoms with Crippen LogP contribution in [0.4, 0.5) is 0 Å². The number of hydrogen-bond acceptors (Lipinski definition) is 3. The summed E-state index contributed by atoms with van der Waals surface area (Å²) in [5.74, 6) is 0. The van der Waals surface area contributed by atoms with Gasteiger partial charge in [0.05, 0.1) is 6.61 Å². The Bertz CT molecular complexity index is 178. The smallest absolute Gasteiger partial charge is 0.165 e. The van der Waals surface area contributed by atoms with E-state index in [0.717, 1.165) is 58.5 Å².